The molecule has 0 fully saturated rings. The molecule has 1 aliphatic rings. The van der Waals surface area contributed by atoms with Crippen LogP contribution < -0.4 is 5.43 Å². The van der Waals surface area contributed by atoms with Crippen molar-refractivity contribution in [3.63, 3.8) is 0 Å². The number of nitrogens with zero attached hydrogens (tertiary/aromatic N) is 2. The maximum absolute atomic E-state index is 13.5. The second-order valence-electron chi connectivity index (χ2n) is 7.84. The maximum Gasteiger partial charge on any atom is 0.290 e. The molecule has 9 heteroatoms. The summed E-state index contributed by atoms with van der Waals surface area (Å²) in [6, 6.07) is 10.2. The summed E-state index contributed by atoms with van der Waals surface area (Å²) >= 11 is 3.36. The SMILES string of the molecule is CC(C)OCCCN1C(=O)c2oc3ccc(Br)cc3c(=O)c2C1c1cccc([N+](=O)[O-])c1. The van der Waals surface area contributed by atoms with Crippen LogP contribution in [0.25, 0.3) is 11.0 Å². The van der Waals surface area contributed by atoms with Crippen molar-refractivity contribution < 1.29 is 18.9 Å². The zero-order valence-corrected chi connectivity index (χ0v) is 19.1. The Morgan fingerprint density at radius 1 is 1.22 bits per heavy atom. The van der Waals surface area contributed by atoms with Crippen LogP contribution in [-0.2, 0) is 4.74 Å². The van der Waals surface area contributed by atoms with E-state index in [1.165, 1.54) is 17.0 Å². The molecular weight excluding hydrogens is 480 g/mol. The van der Waals surface area contributed by atoms with Crippen molar-refractivity contribution in [2.75, 3.05) is 13.2 Å². The van der Waals surface area contributed by atoms with E-state index in [-0.39, 0.29) is 28.5 Å². The average Bonchev–Trinajstić information content (AvgIpc) is 3.04. The zero-order valence-electron chi connectivity index (χ0n) is 17.5. The molecule has 2 aromatic carbocycles. The van der Waals surface area contributed by atoms with E-state index in [0.29, 0.717) is 40.6 Å². The Morgan fingerprint density at radius 3 is 2.72 bits per heavy atom. The van der Waals surface area contributed by atoms with E-state index in [0.717, 1.165) is 0 Å². The van der Waals surface area contributed by atoms with Crippen LogP contribution >= 0.6 is 15.9 Å². The second-order valence-corrected chi connectivity index (χ2v) is 8.76. The van der Waals surface area contributed by atoms with Gasteiger partial charge in [-0.05, 0) is 44.0 Å². The molecule has 8 nitrogen and oxygen atoms in total. The van der Waals surface area contributed by atoms with Gasteiger partial charge < -0.3 is 14.1 Å². The summed E-state index contributed by atoms with van der Waals surface area (Å²) in [5.41, 5.74) is 0.560. The standard InChI is InChI=1S/C23H21BrN2O6/c1-13(2)31-10-4-9-25-20(14-5-3-6-16(11-14)26(29)30)19-21(27)17-12-15(24)7-8-18(17)32-22(19)23(25)28/h3,5-8,11-13,20H,4,9-10H2,1-2H3. The van der Waals surface area contributed by atoms with Gasteiger partial charge in [0, 0.05) is 29.8 Å². The summed E-state index contributed by atoms with van der Waals surface area (Å²) in [5.74, 6) is -0.436. The number of non-ortho nitro benzene ring substituents is 1. The Labute approximate surface area is 192 Å². The average molecular weight is 501 g/mol. The molecule has 0 N–H and O–H groups in total. The van der Waals surface area contributed by atoms with Crippen LogP contribution in [0.2, 0.25) is 0 Å². The van der Waals surface area contributed by atoms with Crippen molar-refractivity contribution >= 4 is 38.5 Å². The van der Waals surface area contributed by atoms with Crippen LogP contribution in [-0.4, -0.2) is 35.0 Å². The van der Waals surface area contributed by atoms with Gasteiger partial charge in [0.05, 0.1) is 28.0 Å². The fraction of sp³-hybridized carbons (Fsp3) is 0.304. The molecule has 0 aliphatic carbocycles. The summed E-state index contributed by atoms with van der Waals surface area (Å²) in [5, 5.41) is 11.7. The van der Waals surface area contributed by atoms with Crippen molar-refractivity contribution in [3.8, 4) is 0 Å². The van der Waals surface area contributed by atoms with Gasteiger partial charge in [0.2, 0.25) is 5.76 Å². The molecule has 1 aromatic heterocycles. The number of hydrogen-bond donors (Lipinski definition) is 0. The Balaban J connectivity index is 1.85. The van der Waals surface area contributed by atoms with Gasteiger partial charge in [-0.3, -0.25) is 19.7 Å². The third-order valence-corrected chi connectivity index (χ3v) is 5.81. The summed E-state index contributed by atoms with van der Waals surface area (Å²) in [6.45, 7) is 4.60. The molecule has 0 saturated carbocycles. The van der Waals surface area contributed by atoms with Crippen LogP contribution in [0.1, 0.15) is 48.0 Å². The number of nitro benzene ring substituents is 1. The van der Waals surface area contributed by atoms with E-state index in [4.69, 9.17) is 9.15 Å². The third-order valence-electron chi connectivity index (χ3n) is 5.32. The van der Waals surface area contributed by atoms with Gasteiger partial charge in [-0.1, -0.05) is 28.1 Å². The van der Waals surface area contributed by atoms with E-state index in [1.807, 2.05) is 13.8 Å². The van der Waals surface area contributed by atoms with Gasteiger partial charge in [-0.2, -0.15) is 0 Å². The van der Waals surface area contributed by atoms with Crippen molar-refractivity contribution in [2.24, 2.45) is 0 Å². The van der Waals surface area contributed by atoms with Gasteiger partial charge in [-0.25, -0.2) is 0 Å². The third kappa shape index (κ3) is 4.05. The minimum Gasteiger partial charge on any atom is -0.450 e. The first-order valence-electron chi connectivity index (χ1n) is 10.2. The minimum atomic E-state index is -0.781. The highest BCUT2D eigenvalue weighted by Gasteiger charge is 2.42. The topological polar surface area (TPSA) is 103 Å². The molecule has 1 aliphatic heterocycles. The fourth-order valence-electron chi connectivity index (χ4n) is 3.93. The van der Waals surface area contributed by atoms with Crippen LogP contribution in [0.5, 0.6) is 0 Å². The highest BCUT2D eigenvalue weighted by atomic mass is 79.9. The van der Waals surface area contributed by atoms with Crippen molar-refractivity contribution in [1.29, 1.82) is 0 Å². The molecule has 0 spiro atoms. The van der Waals surface area contributed by atoms with Gasteiger partial charge in [-0.15, -0.1) is 0 Å². The lowest BCUT2D eigenvalue weighted by Crippen LogP contribution is -2.31. The lowest BCUT2D eigenvalue weighted by molar-refractivity contribution is -0.384. The lowest BCUT2D eigenvalue weighted by Gasteiger charge is -2.25. The minimum absolute atomic E-state index is 0.0221. The highest BCUT2D eigenvalue weighted by molar-refractivity contribution is 9.10. The first-order chi connectivity index (χ1) is 15.3. The molecule has 1 amide bonds. The molecule has 1 unspecified atom stereocenters. The lowest BCUT2D eigenvalue weighted by atomic mass is 9.98. The normalized spacial score (nSPS) is 15.6. The number of carbonyl (C=O) groups excluding carboxylic acids is 1. The van der Waals surface area contributed by atoms with Gasteiger partial charge in [0.25, 0.3) is 11.6 Å². The van der Waals surface area contributed by atoms with E-state index >= 15 is 0 Å². The summed E-state index contributed by atoms with van der Waals surface area (Å²) in [7, 11) is 0. The summed E-state index contributed by atoms with van der Waals surface area (Å²) in [6.07, 6.45) is 0.601. The number of hydrogen-bond acceptors (Lipinski definition) is 6. The number of amides is 1. The largest absolute Gasteiger partial charge is 0.450 e. The van der Waals surface area contributed by atoms with E-state index < -0.39 is 16.9 Å². The predicted octanol–water partition coefficient (Wildman–Crippen LogP) is 4.82. The Morgan fingerprint density at radius 2 is 2.00 bits per heavy atom. The number of rotatable bonds is 7. The second kappa shape index (κ2) is 8.84. The number of nitro groups is 1. The number of halogens is 1. The zero-order chi connectivity index (χ0) is 23.0. The highest BCUT2D eigenvalue weighted by Crippen LogP contribution is 2.39. The molecule has 0 bridgehead atoms. The molecule has 2 heterocycles. The molecule has 1 atom stereocenters. The van der Waals surface area contributed by atoms with Crippen molar-refractivity contribution in [2.45, 2.75) is 32.4 Å². The molecule has 0 radical (unpaired) electrons. The van der Waals surface area contributed by atoms with Crippen molar-refractivity contribution in [3.05, 3.63) is 84.2 Å². The van der Waals surface area contributed by atoms with Gasteiger partial charge in [0.1, 0.15) is 5.58 Å². The van der Waals surface area contributed by atoms with Gasteiger partial charge in [0.15, 0.2) is 5.43 Å². The molecule has 4 rings (SSSR count). The first kappa shape index (κ1) is 22.2. The smallest absolute Gasteiger partial charge is 0.290 e. The Kier molecular flexibility index (Phi) is 6.12. The van der Waals surface area contributed by atoms with E-state index in [2.05, 4.69) is 15.9 Å². The fourth-order valence-corrected chi connectivity index (χ4v) is 4.29. The first-order valence-corrected chi connectivity index (χ1v) is 11.0. The van der Waals surface area contributed by atoms with E-state index in [1.54, 1.807) is 30.3 Å². The molecule has 32 heavy (non-hydrogen) atoms. The van der Waals surface area contributed by atoms with Crippen LogP contribution in [0.15, 0.2) is 56.1 Å². The molecule has 3 aromatic rings. The maximum atomic E-state index is 13.5. The number of benzene rings is 2. The van der Waals surface area contributed by atoms with E-state index in [9.17, 15) is 19.7 Å². The monoisotopic (exact) mass is 500 g/mol. The molecule has 0 saturated heterocycles. The summed E-state index contributed by atoms with van der Waals surface area (Å²) < 4.78 is 12.2. The predicted molar refractivity (Wildman–Crippen MR) is 122 cm³/mol. The van der Waals surface area contributed by atoms with Crippen LogP contribution in [0.3, 0.4) is 0 Å². The number of carbonyl (C=O) groups is 1. The number of fused-ring (bicyclic) bond motifs is 2. The number of ether oxygens (including phenoxy) is 1. The summed E-state index contributed by atoms with van der Waals surface area (Å²) in [4.78, 5) is 39.1. The Hall–Kier alpha value is -3.04. The Bertz CT molecular complexity index is 1270. The molecule has 166 valence electrons. The van der Waals surface area contributed by atoms with Crippen LogP contribution in [0, 0.1) is 10.1 Å². The quantitative estimate of drug-likeness (QED) is 0.261. The van der Waals surface area contributed by atoms with Gasteiger partial charge >= 0.3 is 0 Å². The van der Waals surface area contributed by atoms with Crippen LogP contribution in [0.4, 0.5) is 5.69 Å². The van der Waals surface area contributed by atoms with Crippen molar-refractivity contribution in [1.82, 2.24) is 4.90 Å². The molecular formula is C23H21BrN2O6.